The molecular weight excluding hydrogens is 492 g/mol. The highest BCUT2D eigenvalue weighted by atomic mass is 32.1. The van der Waals surface area contributed by atoms with Crippen LogP contribution in [0.25, 0.3) is 0 Å². The predicted molar refractivity (Wildman–Crippen MR) is 144 cm³/mol. The van der Waals surface area contributed by atoms with E-state index in [9.17, 15) is 14.4 Å². The number of carboxylic acids is 1. The Morgan fingerprint density at radius 3 is 2.46 bits per heavy atom. The molecule has 1 heterocycles. The van der Waals surface area contributed by atoms with E-state index in [1.54, 1.807) is 48.7 Å². The number of amides is 3. The van der Waals surface area contributed by atoms with Crippen LogP contribution in [-0.2, 0) is 22.4 Å². The van der Waals surface area contributed by atoms with Crippen molar-refractivity contribution >= 4 is 40.6 Å². The molecule has 10 heteroatoms. The van der Waals surface area contributed by atoms with Crippen LogP contribution in [0.1, 0.15) is 48.2 Å². The highest BCUT2D eigenvalue weighted by Crippen LogP contribution is 2.27. The number of ether oxygens (including phenoxy) is 1. The zero-order valence-electron chi connectivity index (χ0n) is 21.1. The number of carbonyl (C=O) groups is 3. The number of aryl methyl sites for hydroxylation is 1. The molecule has 0 fully saturated rings. The minimum absolute atomic E-state index is 0.0514. The maximum atomic E-state index is 12.8. The van der Waals surface area contributed by atoms with Crippen LogP contribution >= 0.6 is 11.3 Å². The second kappa shape index (κ2) is 13.4. The predicted octanol–water partition coefficient (Wildman–Crippen LogP) is 5.26. The molecule has 4 N–H and O–H groups in total. The van der Waals surface area contributed by atoms with E-state index in [0.29, 0.717) is 29.5 Å². The van der Waals surface area contributed by atoms with Crippen LogP contribution in [-0.4, -0.2) is 35.1 Å². The Morgan fingerprint density at radius 1 is 1.05 bits per heavy atom. The maximum Gasteiger partial charge on any atom is 0.323 e. The molecule has 1 aromatic heterocycles. The average molecular weight is 525 g/mol. The van der Waals surface area contributed by atoms with Gasteiger partial charge in [0.2, 0.25) is 5.91 Å². The van der Waals surface area contributed by atoms with Crippen LogP contribution in [0.3, 0.4) is 0 Å². The number of carboxylic acid groups (broad SMARTS) is 1. The first kappa shape index (κ1) is 27.7. The summed E-state index contributed by atoms with van der Waals surface area (Å²) in [5.41, 5.74) is 1.95. The van der Waals surface area contributed by atoms with Crippen molar-refractivity contribution in [1.29, 1.82) is 0 Å². The average Bonchev–Trinajstić information content (AvgIpc) is 3.33. The van der Waals surface area contributed by atoms with E-state index in [1.165, 1.54) is 18.4 Å². The lowest BCUT2D eigenvalue weighted by Gasteiger charge is -2.18. The van der Waals surface area contributed by atoms with Crippen molar-refractivity contribution in [2.45, 2.75) is 45.6 Å². The van der Waals surface area contributed by atoms with E-state index in [0.717, 1.165) is 21.9 Å². The molecule has 3 amide bonds. The zero-order valence-corrected chi connectivity index (χ0v) is 21.9. The minimum Gasteiger partial charge on any atom is -0.495 e. The van der Waals surface area contributed by atoms with Gasteiger partial charge < -0.3 is 25.8 Å². The van der Waals surface area contributed by atoms with Crippen LogP contribution in [0, 0.1) is 5.92 Å². The van der Waals surface area contributed by atoms with Crippen molar-refractivity contribution < 1.29 is 24.2 Å². The van der Waals surface area contributed by atoms with Crippen LogP contribution in [0.2, 0.25) is 0 Å². The summed E-state index contributed by atoms with van der Waals surface area (Å²) in [6, 6.07) is 13.6. The number of hydrogen-bond donors (Lipinski definition) is 4. The van der Waals surface area contributed by atoms with Gasteiger partial charge in [-0.1, -0.05) is 38.1 Å². The number of carbonyl (C=O) groups excluding carboxylic acids is 2. The number of aliphatic carboxylic acids is 1. The van der Waals surface area contributed by atoms with Crippen molar-refractivity contribution in [2.75, 3.05) is 17.7 Å². The number of rotatable bonds is 12. The number of aromatic nitrogens is 1. The first-order valence-corrected chi connectivity index (χ1v) is 12.8. The van der Waals surface area contributed by atoms with E-state index in [2.05, 4.69) is 34.8 Å². The SMILES string of the molecule is COc1ccccc1NC(=O)Nc1ccc(CC(=O)NC(CC(C)C)c2ncc(CCC(=O)O)s2)cc1. The van der Waals surface area contributed by atoms with Crippen LogP contribution in [0.5, 0.6) is 5.75 Å². The van der Waals surface area contributed by atoms with Crippen LogP contribution < -0.4 is 20.7 Å². The van der Waals surface area contributed by atoms with Gasteiger partial charge in [-0.15, -0.1) is 11.3 Å². The van der Waals surface area contributed by atoms with Gasteiger partial charge in [0, 0.05) is 16.8 Å². The normalized spacial score (nSPS) is 11.6. The van der Waals surface area contributed by atoms with Gasteiger partial charge in [-0.05, 0) is 48.6 Å². The number of para-hydroxylation sites is 2. The molecule has 37 heavy (non-hydrogen) atoms. The molecular formula is C27H32N4O5S. The highest BCUT2D eigenvalue weighted by Gasteiger charge is 2.20. The van der Waals surface area contributed by atoms with E-state index in [-0.39, 0.29) is 24.8 Å². The summed E-state index contributed by atoms with van der Waals surface area (Å²) >= 11 is 1.44. The van der Waals surface area contributed by atoms with Gasteiger partial charge in [-0.3, -0.25) is 9.59 Å². The zero-order chi connectivity index (χ0) is 26.8. The summed E-state index contributed by atoms with van der Waals surface area (Å²) < 4.78 is 5.24. The van der Waals surface area contributed by atoms with Gasteiger partial charge in [-0.2, -0.15) is 0 Å². The quantitative estimate of drug-likeness (QED) is 0.256. The van der Waals surface area contributed by atoms with Crippen molar-refractivity contribution in [2.24, 2.45) is 5.92 Å². The first-order chi connectivity index (χ1) is 17.7. The molecule has 0 aliphatic heterocycles. The fraction of sp³-hybridized carbons (Fsp3) is 0.333. The van der Waals surface area contributed by atoms with Gasteiger partial charge >= 0.3 is 12.0 Å². The molecule has 1 unspecified atom stereocenters. The van der Waals surface area contributed by atoms with Crippen molar-refractivity contribution in [3.8, 4) is 5.75 Å². The summed E-state index contributed by atoms with van der Waals surface area (Å²) in [5.74, 6) is -0.0872. The second-order valence-electron chi connectivity index (χ2n) is 8.96. The third kappa shape index (κ3) is 8.91. The van der Waals surface area contributed by atoms with Crippen molar-refractivity contribution in [3.63, 3.8) is 0 Å². The number of hydrogen-bond acceptors (Lipinski definition) is 6. The lowest BCUT2D eigenvalue weighted by molar-refractivity contribution is -0.137. The molecule has 0 saturated carbocycles. The largest absolute Gasteiger partial charge is 0.495 e. The molecule has 0 aliphatic rings. The number of urea groups is 1. The van der Waals surface area contributed by atoms with Gasteiger partial charge in [0.15, 0.2) is 0 Å². The molecule has 0 spiro atoms. The minimum atomic E-state index is -0.847. The molecule has 0 aliphatic carbocycles. The molecule has 0 radical (unpaired) electrons. The Labute approximate surface area is 220 Å². The summed E-state index contributed by atoms with van der Waals surface area (Å²) in [5, 5.41) is 18.3. The number of nitrogens with zero attached hydrogens (tertiary/aromatic N) is 1. The van der Waals surface area contributed by atoms with E-state index in [4.69, 9.17) is 9.84 Å². The third-order valence-corrected chi connectivity index (χ3v) is 6.60. The van der Waals surface area contributed by atoms with Gasteiger partial charge in [0.25, 0.3) is 0 Å². The summed E-state index contributed by atoms with van der Waals surface area (Å²) in [7, 11) is 1.54. The Bertz CT molecular complexity index is 1210. The van der Waals surface area contributed by atoms with Gasteiger partial charge in [0.1, 0.15) is 10.8 Å². The summed E-state index contributed by atoms with van der Waals surface area (Å²) in [6.07, 6.45) is 3.07. The third-order valence-electron chi connectivity index (χ3n) is 5.43. The summed E-state index contributed by atoms with van der Waals surface area (Å²) in [4.78, 5) is 41.4. The summed E-state index contributed by atoms with van der Waals surface area (Å²) in [6.45, 7) is 4.15. The Kier molecular flexibility index (Phi) is 10.0. The monoisotopic (exact) mass is 524 g/mol. The number of nitrogens with one attached hydrogen (secondary N) is 3. The lowest BCUT2D eigenvalue weighted by atomic mass is 10.0. The molecule has 0 bridgehead atoms. The van der Waals surface area contributed by atoms with Gasteiger partial charge in [0.05, 0.1) is 31.7 Å². The number of anilines is 2. The van der Waals surface area contributed by atoms with Crippen molar-refractivity contribution in [1.82, 2.24) is 10.3 Å². The molecule has 196 valence electrons. The smallest absolute Gasteiger partial charge is 0.323 e. The van der Waals surface area contributed by atoms with E-state index in [1.807, 2.05) is 6.07 Å². The standard InChI is InChI=1S/C27H32N4O5S/c1-17(2)14-22(26-28-16-20(37-26)12-13-25(33)34)30-24(32)15-18-8-10-19(11-9-18)29-27(35)31-21-6-4-5-7-23(21)36-3/h4-11,16-17,22H,12-15H2,1-3H3,(H,30,32)(H,33,34)(H2,29,31,35). The van der Waals surface area contributed by atoms with E-state index < -0.39 is 12.0 Å². The Balaban J connectivity index is 1.56. The maximum absolute atomic E-state index is 12.8. The van der Waals surface area contributed by atoms with Gasteiger partial charge in [-0.25, -0.2) is 9.78 Å². The second-order valence-corrected chi connectivity index (χ2v) is 10.1. The molecule has 0 saturated heterocycles. The topological polar surface area (TPSA) is 130 Å². The fourth-order valence-electron chi connectivity index (χ4n) is 3.69. The number of methoxy groups -OCH3 is 1. The molecule has 1 atom stereocenters. The first-order valence-electron chi connectivity index (χ1n) is 12.0. The fourth-order valence-corrected chi connectivity index (χ4v) is 4.67. The number of thiazole rings is 1. The van der Waals surface area contributed by atoms with E-state index >= 15 is 0 Å². The molecule has 3 rings (SSSR count). The Morgan fingerprint density at radius 2 is 1.78 bits per heavy atom. The molecule has 3 aromatic rings. The highest BCUT2D eigenvalue weighted by molar-refractivity contribution is 7.11. The van der Waals surface area contributed by atoms with Crippen LogP contribution in [0.4, 0.5) is 16.2 Å². The lowest BCUT2D eigenvalue weighted by Crippen LogP contribution is -2.30. The Hall–Kier alpha value is -3.92. The van der Waals surface area contributed by atoms with Crippen molar-refractivity contribution in [3.05, 3.63) is 70.2 Å². The molecule has 2 aromatic carbocycles. The van der Waals surface area contributed by atoms with Crippen LogP contribution in [0.15, 0.2) is 54.7 Å². The molecule has 9 nitrogen and oxygen atoms in total. The number of benzene rings is 2.